The fraction of sp³-hybridized carbons (Fsp3) is 0.476. The lowest BCUT2D eigenvalue weighted by atomic mass is 10.1. The minimum Gasteiger partial charge on any atom is -0.480 e. The molecule has 1 aromatic rings. The van der Waals surface area contributed by atoms with Crippen LogP contribution in [0, 0.1) is 0 Å². The van der Waals surface area contributed by atoms with E-state index < -0.39 is 47.1 Å². The Kier molecular flexibility index (Phi) is 10.5. The highest BCUT2D eigenvalue weighted by Gasteiger charge is 2.36. The molecule has 0 aliphatic rings. The summed E-state index contributed by atoms with van der Waals surface area (Å²) in [5, 5.41) is 9.01. The Balaban J connectivity index is 0.0000102. The minimum absolute atomic E-state index is 0. The summed E-state index contributed by atoms with van der Waals surface area (Å²) in [6, 6.07) is 2.74. The van der Waals surface area contributed by atoms with Crippen LogP contribution >= 0.6 is 12.4 Å². The molecule has 0 aliphatic heterocycles. The van der Waals surface area contributed by atoms with E-state index in [4.69, 9.17) is 29.8 Å². The van der Waals surface area contributed by atoms with Crippen molar-refractivity contribution < 1.29 is 48.0 Å². The van der Waals surface area contributed by atoms with E-state index >= 15 is 0 Å². The Hall–Kier alpha value is -3.18. The molecule has 0 heterocycles. The molecule has 0 fully saturated rings. The van der Waals surface area contributed by atoms with Crippen molar-refractivity contribution in [2.45, 2.75) is 65.2 Å². The number of carbonyl (C=O) groups is 5. The first kappa shape index (κ1) is 29.8. The number of benzene rings is 1. The summed E-state index contributed by atoms with van der Waals surface area (Å²) in [6.45, 7) is 7.47. The Morgan fingerprint density at radius 2 is 1.30 bits per heavy atom. The van der Waals surface area contributed by atoms with Gasteiger partial charge in [-0.1, -0.05) is 6.07 Å². The van der Waals surface area contributed by atoms with Gasteiger partial charge in [0.05, 0.1) is 0 Å². The zero-order valence-corrected chi connectivity index (χ0v) is 19.9. The van der Waals surface area contributed by atoms with Crippen LogP contribution in [0.4, 0.5) is 0 Å². The van der Waals surface area contributed by atoms with E-state index in [0.29, 0.717) is 5.56 Å². The van der Waals surface area contributed by atoms with E-state index in [-0.39, 0.29) is 30.3 Å². The van der Waals surface area contributed by atoms with Gasteiger partial charge in [-0.25, -0.2) is 9.59 Å². The van der Waals surface area contributed by atoms with E-state index in [2.05, 4.69) is 0 Å². The molecule has 1 rings (SSSR count). The van der Waals surface area contributed by atoms with Crippen molar-refractivity contribution >= 4 is 42.3 Å². The highest BCUT2D eigenvalue weighted by atomic mass is 35.5. The number of carboxylic acid groups (broad SMARTS) is 1. The predicted molar refractivity (Wildman–Crippen MR) is 116 cm³/mol. The second kappa shape index (κ2) is 11.6. The van der Waals surface area contributed by atoms with Crippen LogP contribution in [0.15, 0.2) is 18.2 Å². The van der Waals surface area contributed by atoms with Gasteiger partial charge in [0.1, 0.15) is 6.04 Å². The summed E-state index contributed by atoms with van der Waals surface area (Å²) in [7, 11) is 0. The van der Waals surface area contributed by atoms with Gasteiger partial charge in [0, 0.05) is 13.8 Å². The van der Waals surface area contributed by atoms with Gasteiger partial charge in [-0.3, -0.25) is 14.4 Å². The summed E-state index contributed by atoms with van der Waals surface area (Å²) in [5.74, 6) is -5.07. The summed E-state index contributed by atoms with van der Waals surface area (Å²) >= 11 is 0. The molecule has 12 heteroatoms. The molecule has 0 unspecified atom stereocenters. The number of halogens is 1. The second-order valence-electron chi connectivity index (χ2n) is 7.92. The van der Waals surface area contributed by atoms with Crippen LogP contribution in [-0.4, -0.2) is 52.2 Å². The normalized spacial score (nSPS) is 12.0. The predicted octanol–water partition coefficient (Wildman–Crippen LogP) is 1.56. The number of esters is 4. The van der Waals surface area contributed by atoms with E-state index in [0.717, 1.165) is 13.8 Å². The molecule has 184 valence electrons. The van der Waals surface area contributed by atoms with E-state index in [1.807, 2.05) is 0 Å². The lowest BCUT2D eigenvalue weighted by Crippen LogP contribution is -2.41. The number of nitrogens with two attached hydrogens (primary N) is 1. The van der Waals surface area contributed by atoms with Gasteiger partial charge in [-0.15, -0.1) is 12.4 Å². The highest BCUT2D eigenvalue weighted by Crippen LogP contribution is 2.32. The quantitative estimate of drug-likeness (QED) is 0.381. The van der Waals surface area contributed by atoms with E-state index in [1.165, 1.54) is 45.9 Å². The lowest BCUT2D eigenvalue weighted by molar-refractivity contribution is -0.172. The van der Waals surface area contributed by atoms with Gasteiger partial charge < -0.3 is 29.8 Å². The molecular formula is C21H28ClNO10. The molecule has 3 N–H and O–H groups in total. The van der Waals surface area contributed by atoms with Gasteiger partial charge in [0.25, 0.3) is 0 Å². The minimum atomic E-state index is -1.67. The van der Waals surface area contributed by atoms with Crippen molar-refractivity contribution in [1.82, 2.24) is 0 Å². The molecule has 0 amide bonds. The Morgan fingerprint density at radius 3 is 1.70 bits per heavy atom. The third-order valence-corrected chi connectivity index (χ3v) is 3.97. The largest absolute Gasteiger partial charge is 0.480 e. The van der Waals surface area contributed by atoms with Crippen LogP contribution in [-0.2, 0) is 39.9 Å². The van der Waals surface area contributed by atoms with Gasteiger partial charge in [-0.2, -0.15) is 0 Å². The fourth-order valence-electron chi connectivity index (χ4n) is 2.43. The molecule has 0 saturated heterocycles. The topological polar surface area (TPSA) is 169 Å². The highest BCUT2D eigenvalue weighted by molar-refractivity contribution is 5.86. The number of ether oxygens (including phenoxy) is 4. The van der Waals surface area contributed by atoms with Crippen molar-refractivity contribution in [3.63, 3.8) is 0 Å². The molecule has 0 bridgehead atoms. The third kappa shape index (κ3) is 9.07. The van der Waals surface area contributed by atoms with E-state index in [1.54, 1.807) is 0 Å². The van der Waals surface area contributed by atoms with Crippen molar-refractivity contribution in [1.29, 1.82) is 0 Å². The van der Waals surface area contributed by atoms with Crippen LogP contribution in [0.1, 0.15) is 47.1 Å². The monoisotopic (exact) mass is 489 g/mol. The summed E-state index contributed by atoms with van der Waals surface area (Å²) in [4.78, 5) is 58.6. The van der Waals surface area contributed by atoms with Crippen molar-refractivity contribution in [2.75, 3.05) is 0 Å². The average molecular weight is 490 g/mol. The first-order valence-corrected chi connectivity index (χ1v) is 9.50. The molecule has 0 aliphatic carbocycles. The molecule has 1 aromatic carbocycles. The van der Waals surface area contributed by atoms with Crippen LogP contribution in [0.3, 0.4) is 0 Å². The number of carboxylic acids is 1. The summed E-state index contributed by atoms with van der Waals surface area (Å²) < 4.78 is 20.4. The van der Waals surface area contributed by atoms with Crippen molar-refractivity contribution in [3.05, 3.63) is 23.8 Å². The lowest BCUT2D eigenvalue weighted by Gasteiger charge is -2.24. The number of hydrogen-bond acceptors (Lipinski definition) is 10. The van der Waals surface area contributed by atoms with Gasteiger partial charge in [-0.05, 0) is 51.8 Å². The maximum atomic E-state index is 12.6. The summed E-state index contributed by atoms with van der Waals surface area (Å²) in [5.41, 5.74) is 2.60. The number of carbonyl (C=O) groups excluding carboxylic acids is 4. The van der Waals surface area contributed by atoms with Crippen LogP contribution in [0.5, 0.6) is 11.5 Å². The molecule has 33 heavy (non-hydrogen) atoms. The fourth-order valence-corrected chi connectivity index (χ4v) is 2.43. The zero-order chi connectivity index (χ0) is 24.9. The number of rotatable bonds is 9. The molecule has 0 saturated carbocycles. The average Bonchev–Trinajstić information content (AvgIpc) is 2.61. The molecule has 1 atom stereocenters. The molecular weight excluding hydrogens is 462 g/mol. The summed E-state index contributed by atoms with van der Waals surface area (Å²) in [6.07, 6.45) is -0.111. The second-order valence-corrected chi connectivity index (χ2v) is 7.92. The maximum absolute atomic E-state index is 12.6. The molecule has 11 nitrogen and oxygen atoms in total. The molecule has 0 radical (unpaired) electrons. The SMILES string of the molecule is CC(=O)OC(C)(C)C(=O)Oc1ccc(C[C@H](N)C(=O)O)cc1OC(=O)C(C)(C)OC(C)=O.Cl. The third-order valence-electron chi connectivity index (χ3n) is 3.97. The zero-order valence-electron chi connectivity index (χ0n) is 19.1. The smallest absolute Gasteiger partial charge is 0.355 e. The van der Waals surface area contributed by atoms with Gasteiger partial charge >= 0.3 is 29.8 Å². The number of hydrogen-bond donors (Lipinski definition) is 2. The van der Waals surface area contributed by atoms with Gasteiger partial charge in [0.2, 0.25) is 11.2 Å². The molecule has 0 spiro atoms. The van der Waals surface area contributed by atoms with Crippen molar-refractivity contribution in [2.24, 2.45) is 5.73 Å². The maximum Gasteiger partial charge on any atom is 0.355 e. The van der Waals surface area contributed by atoms with Crippen LogP contribution in [0.2, 0.25) is 0 Å². The Morgan fingerprint density at radius 1 is 0.879 bits per heavy atom. The first-order chi connectivity index (χ1) is 14.5. The molecule has 0 aromatic heterocycles. The standard InChI is InChI=1S/C21H27NO10.ClH/c1-11(23)31-20(3,4)18(27)29-15-8-7-13(9-14(22)17(25)26)10-16(15)30-19(28)21(5,6)32-12(2)24;/h7-8,10,14H,9,22H2,1-6H3,(H,25,26);1H/t14-;/m0./s1. The van der Waals surface area contributed by atoms with Gasteiger partial charge in [0.15, 0.2) is 11.5 Å². The van der Waals surface area contributed by atoms with Crippen molar-refractivity contribution in [3.8, 4) is 11.5 Å². The van der Waals surface area contributed by atoms with Crippen LogP contribution < -0.4 is 15.2 Å². The number of aliphatic carboxylic acids is 1. The van der Waals surface area contributed by atoms with Crippen LogP contribution in [0.25, 0.3) is 0 Å². The Bertz CT molecular complexity index is 926. The first-order valence-electron chi connectivity index (χ1n) is 9.50. The van der Waals surface area contributed by atoms with E-state index in [9.17, 15) is 24.0 Å². The Labute approximate surface area is 196 Å².